The maximum absolute atomic E-state index is 6.23. The third-order valence-corrected chi connectivity index (χ3v) is 4.14. The summed E-state index contributed by atoms with van der Waals surface area (Å²) in [6.07, 6.45) is 6.28. The molecule has 4 heteroatoms. The summed E-state index contributed by atoms with van der Waals surface area (Å²) in [4.78, 5) is 9.09. The average Bonchev–Trinajstić information content (AvgIpc) is 2.39. The fraction of sp³-hybridized carbons (Fsp3) is 0.667. The molecule has 19 heavy (non-hydrogen) atoms. The number of rotatable bonds is 4. The summed E-state index contributed by atoms with van der Waals surface area (Å²) in [5, 5.41) is 0. The Balaban J connectivity index is 2.15. The van der Waals surface area contributed by atoms with Gasteiger partial charge in [0.2, 0.25) is 0 Å². The number of piperidine rings is 1. The molecule has 0 aliphatic carbocycles. The van der Waals surface area contributed by atoms with Gasteiger partial charge in [-0.25, -0.2) is 0 Å². The zero-order chi connectivity index (χ0) is 13.8. The van der Waals surface area contributed by atoms with Crippen molar-refractivity contribution in [1.29, 1.82) is 0 Å². The number of aromatic nitrogens is 1. The Bertz CT molecular complexity index is 379. The van der Waals surface area contributed by atoms with Crippen molar-refractivity contribution < 1.29 is 0 Å². The third-order valence-electron chi connectivity index (χ3n) is 4.14. The number of hydrogen-bond acceptors (Lipinski definition) is 4. The Morgan fingerprint density at radius 2 is 2.32 bits per heavy atom. The normalized spacial score (nSPS) is 24.4. The Kier molecular flexibility index (Phi) is 4.91. The van der Waals surface area contributed by atoms with E-state index in [0.29, 0.717) is 6.04 Å². The Morgan fingerprint density at radius 1 is 1.53 bits per heavy atom. The molecule has 1 aromatic heterocycles. The van der Waals surface area contributed by atoms with Crippen molar-refractivity contribution >= 4 is 0 Å². The average molecular weight is 262 g/mol. The maximum Gasteiger partial charge on any atom is 0.0512 e. The summed E-state index contributed by atoms with van der Waals surface area (Å²) in [6.45, 7) is 4.42. The van der Waals surface area contributed by atoms with E-state index < -0.39 is 0 Å². The molecule has 2 heterocycles. The van der Waals surface area contributed by atoms with E-state index in [2.05, 4.69) is 41.9 Å². The van der Waals surface area contributed by atoms with Crippen LogP contribution in [0.4, 0.5) is 0 Å². The molecule has 2 rings (SSSR count). The van der Waals surface area contributed by atoms with Crippen molar-refractivity contribution in [3.05, 3.63) is 30.1 Å². The van der Waals surface area contributed by atoms with Crippen LogP contribution in [-0.4, -0.2) is 54.1 Å². The molecule has 106 valence electrons. The van der Waals surface area contributed by atoms with Gasteiger partial charge in [0.25, 0.3) is 0 Å². The summed E-state index contributed by atoms with van der Waals surface area (Å²) in [5.41, 5.74) is 7.44. The van der Waals surface area contributed by atoms with Crippen molar-refractivity contribution in [3.63, 3.8) is 0 Å². The first-order chi connectivity index (χ1) is 9.09. The first-order valence-electron chi connectivity index (χ1n) is 7.15. The summed E-state index contributed by atoms with van der Waals surface area (Å²) in [6, 6.07) is 5.04. The van der Waals surface area contributed by atoms with Gasteiger partial charge in [0.15, 0.2) is 0 Å². The first kappa shape index (κ1) is 14.4. The van der Waals surface area contributed by atoms with E-state index in [1.54, 1.807) is 0 Å². The number of hydrogen-bond donors (Lipinski definition) is 1. The fourth-order valence-electron chi connectivity index (χ4n) is 3.16. The highest BCUT2D eigenvalue weighted by Crippen LogP contribution is 2.26. The molecular formula is C15H26N4. The van der Waals surface area contributed by atoms with E-state index in [-0.39, 0.29) is 12.1 Å². The molecule has 0 aromatic carbocycles. The highest BCUT2D eigenvalue weighted by Gasteiger charge is 2.29. The lowest BCUT2D eigenvalue weighted by Gasteiger charge is -2.41. The second-order valence-electron chi connectivity index (χ2n) is 5.81. The van der Waals surface area contributed by atoms with Crippen LogP contribution in [0.5, 0.6) is 0 Å². The van der Waals surface area contributed by atoms with E-state index >= 15 is 0 Å². The van der Waals surface area contributed by atoms with Gasteiger partial charge in [-0.1, -0.05) is 6.07 Å². The van der Waals surface area contributed by atoms with Crippen LogP contribution in [0.2, 0.25) is 0 Å². The van der Waals surface area contributed by atoms with Gasteiger partial charge in [-0.3, -0.25) is 9.88 Å². The molecule has 1 fully saturated rings. The van der Waals surface area contributed by atoms with Gasteiger partial charge in [0.1, 0.15) is 0 Å². The molecule has 1 saturated heterocycles. The SMILES string of the molecule is CC(N)C(c1cccnc1)N(C)C1CCCN(C)C1. The van der Waals surface area contributed by atoms with Crippen molar-refractivity contribution in [3.8, 4) is 0 Å². The van der Waals surface area contributed by atoms with Gasteiger partial charge in [-0.2, -0.15) is 0 Å². The van der Waals surface area contributed by atoms with Gasteiger partial charge in [0.05, 0.1) is 6.04 Å². The minimum Gasteiger partial charge on any atom is -0.326 e. The number of likely N-dealkylation sites (tertiary alicyclic amines) is 1. The van der Waals surface area contributed by atoms with Crippen LogP contribution in [0.3, 0.4) is 0 Å². The molecule has 1 aliphatic heterocycles. The maximum atomic E-state index is 6.23. The first-order valence-corrected chi connectivity index (χ1v) is 7.15. The van der Waals surface area contributed by atoms with Crippen LogP contribution < -0.4 is 5.73 Å². The number of nitrogens with zero attached hydrogens (tertiary/aromatic N) is 3. The Morgan fingerprint density at radius 3 is 2.89 bits per heavy atom. The van der Waals surface area contributed by atoms with E-state index in [1.807, 2.05) is 18.5 Å². The molecule has 0 amide bonds. The van der Waals surface area contributed by atoms with Gasteiger partial charge in [-0.15, -0.1) is 0 Å². The third kappa shape index (κ3) is 3.53. The Labute approximate surface area is 116 Å². The standard InChI is InChI=1S/C15H26N4/c1-12(16)15(13-6-4-8-17-10-13)19(3)14-7-5-9-18(2)11-14/h4,6,8,10,12,14-15H,5,7,9,11,16H2,1-3H3. The minimum atomic E-state index is 0.0985. The molecule has 0 saturated carbocycles. The molecule has 3 atom stereocenters. The predicted molar refractivity (Wildman–Crippen MR) is 78.9 cm³/mol. The fourth-order valence-corrected chi connectivity index (χ4v) is 3.16. The summed E-state index contributed by atoms with van der Waals surface area (Å²) >= 11 is 0. The number of nitrogens with two attached hydrogens (primary N) is 1. The zero-order valence-corrected chi connectivity index (χ0v) is 12.3. The smallest absolute Gasteiger partial charge is 0.0512 e. The molecular weight excluding hydrogens is 236 g/mol. The molecule has 0 radical (unpaired) electrons. The van der Waals surface area contributed by atoms with Crippen LogP contribution in [0.15, 0.2) is 24.5 Å². The van der Waals surface area contributed by atoms with Crippen LogP contribution in [-0.2, 0) is 0 Å². The van der Waals surface area contributed by atoms with Crippen molar-refractivity contribution in [2.45, 2.75) is 37.9 Å². The van der Waals surface area contributed by atoms with E-state index in [4.69, 9.17) is 5.73 Å². The number of pyridine rings is 1. The molecule has 0 bridgehead atoms. The Hall–Kier alpha value is -0.970. The lowest BCUT2D eigenvalue weighted by atomic mass is 9.96. The zero-order valence-electron chi connectivity index (χ0n) is 12.3. The monoisotopic (exact) mass is 262 g/mol. The molecule has 4 nitrogen and oxygen atoms in total. The lowest BCUT2D eigenvalue weighted by molar-refractivity contribution is 0.0891. The van der Waals surface area contributed by atoms with Crippen LogP contribution in [0.1, 0.15) is 31.4 Å². The van der Waals surface area contributed by atoms with E-state index in [0.717, 1.165) is 6.54 Å². The highest BCUT2D eigenvalue weighted by atomic mass is 15.2. The van der Waals surface area contributed by atoms with Crippen LogP contribution >= 0.6 is 0 Å². The molecule has 2 N–H and O–H groups in total. The van der Waals surface area contributed by atoms with Gasteiger partial charge in [-0.05, 0) is 52.0 Å². The number of likely N-dealkylation sites (N-methyl/N-ethyl adjacent to an activating group) is 2. The highest BCUT2D eigenvalue weighted by molar-refractivity contribution is 5.16. The molecule has 0 spiro atoms. The molecule has 3 unspecified atom stereocenters. The topological polar surface area (TPSA) is 45.4 Å². The van der Waals surface area contributed by atoms with Crippen molar-refractivity contribution in [2.75, 3.05) is 27.2 Å². The second-order valence-corrected chi connectivity index (χ2v) is 5.81. The summed E-state index contributed by atoms with van der Waals surface area (Å²) in [7, 11) is 4.40. The second kappa shape index (κ2) is 6.46. The van der Waals surface area contributed by atoms with Crippen LogP contribution in [0, 0.1) is 0 Å². The minimum absolute atomic E-state index is 0.0985. The van der Waals surface area contributed by atoms with Gasteiger partial charge < -0.3 is 10.6 Å². The van der Waals surface area contributed by atoms with Crippen molar-refractivity contribution in [2.24, 2.45) is 5.73 Å². The largest absolute Gasteiger partial charge is 0.326 e. The van der Waals surface area contributed by atoms with Gasteiger partial charge in [0, 0.05) is 31.0 Å². The predicted octanol–water partition coefficient (Wildman–Crippen LogP) is 1.50. The van der Waals surface area contributed by atoms with Crippen molar-refractivity contribution in [1.82, 2.24) is 14.8 Å². The lowest BCUT2D eigenvalue weighted by Crippen LogP contribution is -2.49. The quantitative estimate of drug-likeness (QED) is 0.893. The summed E-state index contributed by atoms with van der Waals surface area (Å²) < 4.78 is 0. The van der Waals surface area contributed by atoms with E-state index in [9.17, 15) is 0 Å². The van der Waals surface area contributed by atoms with Gasteiger partial charge >= 0.3 is 0 Å². The van der Waals surface area contributed by atoms with E-state index in [1.165, 1.54) is 24.9 Å². The van der Waals surface area contributed by atoms with Crippen LogP contribution in [0.25, 0.3) is 0 Å². The summed E-state index contributed by atoms with van der Waals surface area (Å²) in [5.74, 6) is 0. The molecule has 1 aromatic rings. The molecule has 1 aliphatic rings.